The van der Waals surface area contributed by atoms with Gasteiger partial charge in [-0.05, 0) is 67.2 Å². The second-order valence-corrected chi connectivity index (χ2v) is 9.27. The molecule has 6 rings (SSSR count). The summed E-state index contributed by atoms with van der Waals surface area (Å²) in [6, 6.07) is 20.0. The lowest BCUT2D eigenvalue weighted by Crippen LogP contribution is -2.52. The minimum atomic E-state index is -1.02. The number of carboxylic acid groups (broad SMARTS) is 1. The third-order valence-corrected chi connectivity index (χ3v) is 6.90. The van der Waals surface area contributed by atoms with Gasteiger partial charge in [-0.15, -0.1) is 0 Å². The molecule has 2 aromatic carbocycles. The number of benzene rings is 2. The van der Waals surface area contributed by atoms with Crippen molar-refractivity contribution in [3.8, 4) is 5.75 Å². The van der Waals surface area contributed by atoms with Gasteiger partial charge in [0.05, 0.1) is 17.3 Å². The number of piperidine rings is 3. The normalized spacial score (nSPS) is 21.4. The molecule has 0 aliphatic carbocycles. The highest BCUT2D eigenvalue weighted by atomic mass is 16.6. The summed E-state index contributed by atoms with van der Waals surface area (Å²) < 4.78 is 11.8. The molecule has 3 fully saturated rings. The Balaban J connectivity index is 1.29. The predicted octanol–water partition coefficient (Wildman–Crippen LogP) is 4.27. The first-order valence-corrected chi connectivity index (χ1v) is 12.2. The summed E-state index contributed by atoms with van der Waals surface area (Å²) in [6.45, 7) is 3.17. The lowest BCUT2D eigenvalue weighted by atomic mass is 9.86. The molecule has 8 heteroatoms. The van der Waals surface area contributed by atoms with Crippen LogP contribution in [0.4, 0.5) is 4.79 Å². The molecule has 0 spiro atoms. The molecule has 4 heterocycles. The van der Waals surface area contributed by atoms with Crippen LogP contribution in [0.5, 0.6) is 5.75 Å². The van der Waals surface area contributed by atoms with Crippen LogP contribution >= 0.6 is 0 Å². The minimum Gasteiger partial charge on any atom is -0.487 e. The van der Waals surface area contributed by atoms with Gasteiger partial charge in [0.15, 0.2) is 0 Å². The monoisotopic (exact) mass is 487 g/mol. The number of hydrogen-bond donors (Lipinski definition) is 2. The highest BCUT2D eigenvalue weighted by Crippen LogP contribution is 2.30. The Labute approximate surface area is 209 Å². The lowest BCUT2D eigenvalue weighted by Gasteiger charge is -2.43. The standard InChI is InChI=1S/C28H29N3O5/c32-27(33)22-9-10-23(29-16-22)18-35-24-8-4-7-21(15-24)26(20-5-2-1-3-6-20)30-28(34)36-25-17-31-13-11-19(25)12-14-31/h1-10,15-16,19,25-26H,11-14,17-18H2,(H,30,34)(H,32,33). The molecule has 3 saturated heterocycles. The lowest BCUT2D eigenvalue weighted by molar-refractivity contribution is -0.0336. The molecule has 2 N–H and O–H groups in total. The maximum atomic E-state index is 13.0. The van der Waals surface area contributed by atoms with E-state index in [4.69, 9.17) is 14.6 Å². The number of aromatic nitrogens is 1. The van der Waals surface area contributed by atoms with Gasteiger partial charge >= 0.3 is 12.1 Å². The summed E-state index contributed by atoms with van der Waals surface area (Å²) in [5.74, 6) is 0.0325. The average Bonchev–Trinajstić information content (AvgIpc) is 2.92. The zero-order valence-corrected chi connectivity index (χ0v) is 19.9. The fourth-order valence-corrected chi connectivity index (χ4v) is 4.92. The first-order valence-electron chi connectivity index (χ1n) is 12.2. The number of pyridine rings is 1. The summed E-state index contributed by atoms with van der Waals surface area (Å²) in [6.07, 6.45) is 2.98. The Bertz CT molecular complexity index is 1190. The molecule has 186 valence electrons. The third kappa shape index (κ3) is 5.66. The van der Waals surface area contributed by atoms with Crippen molar-refractivity contribution in [3.63, 3.8) is 0 Å². The Morgan fingerprint density at radius 2 is 1.81 bits per heavy atom. The van der Waals surface area contributed by atoms with Crippen LogP contribution in [-0.4, -0.2) is 52.8 Å². The third-order valence-electron chi connectivity index (χ3n) is 6.90. The Kier molecular flexibility index (Phi) is 7.13. The van der Waals surface area contributed by atoms with E-state index in [1.807, 2.05) is 54.6 Å². The first kappa shape index (κ1) is 23.8. The minimum absolute atomic E-state index is 0.0707. The van der Waals surface area contributed by atoms with Crippen molar-refractivity contribution in [1.29, 1.82) is 0 Å². The molecule has 2 bridgehead atoms. The number of carbonyl (C=O) groups excluding carboxylic acids is 1. The maximum absolute atomic E-state index is 13.0. The molecule has 2 atom stereocenters. The number of aromatic carboxylic acids is 1. The summed E-state index contributed by atoms with van der Waals surface area (Å²) in [5.41, 5.74) is 2.54. The zero-order chi connectivity index (χ0) is 24.9. The maximum Gasteiger partial charge on any atom is 0.408 e. The molecule has 3 aromatic rings. The summed E-state index contributed by atoms with van der Waals surface area (Å²) in [7, 11) is 0. The topological polar surface area (TPSA) is 101 Å². The fraction of sp³-hybridized carbons (Fsp3) is 0.321. The summed E-state index contributed by atoms with van der Waals surface area (Å²) in [5, 5.41) is 12.1. The molecule has 3 aliphatic rings. The number of nitrogens with zero attached hydrogens (tertiary/aromatic N) is 2. The van der Waals surface area contributed by atoms with Gasteiger partial charge in [-0.3, -0.25) is 9.88 Å². The summed E-state index contributed by atoms with van der Waals surface area (Å²) in [4.78, 5) is 30.5. The fourth-order valence-electron chi connectivity index (χ4n) is 4.92. The van der Waals surface area contributed by atoms with Crippen molar-refractivity contribution in [3.05, 3.63) is 95.3 Å². The van der Waals surface area contributed by atoms with Crippen LogP contribution in [0.2, 0.25) is 0 Å². The van der Waals surface area contributed by atoms with Crippen LogP contribution in [-0.2, 0) is 11.3 Å². The molecule has 2 unspecified atom stereocenters. The SMILES string of the molecule is O=C(NC(c1ccccc1)c1cccc(OCc2ccc(C(=O)O)cn2)c1)OC1CN2CCC1CC2. The predicted molar refractivity (Wildman–Crippen MR) is 133 cm³/mol. The van der Waals surface area contributed by atoms with E-state index in [0.29, 0.717) is 17.4 Å². The van der Waals surface area contributed by atoms with Crippen LogP contribution in [0, 0.1) is 5.92 Å². The van der Waals surface area contributed by atoms with Gasteiger partial charge in [0.1, 0.15) is 18.5 Å². The van der Waals surface area contributed by atoms with Crippen LogP contribution in [0.1, 0.15) is 46.1 Å². The number of hydrogen-bond acceptors (Lipinski definition) is 6. The zero-order valence-electron chi connectivity index (χ0n) is 19.9. The Morgan fingerprint density at radius 1 is 1.03 bits per heavy atom. The van der Waals surface area contributed by atoms with E-state index in [1.54, 1.807) is 6.07 Å². The molecule has 36 heavy (non-hydrogen) atoms. The molecule has 0 radical (unpaired) electrons. The molecule has 1 aromatic heterocycles. The van der Waals surface area contributed by atoms with E-state index in [2.05, 4.69) is 15.2 Å². The van der Waals surface area contributed by atoms with Crippen molar-refractivity contribution in [2.45, 2.75) is 31.6 Å². The van der Waals surface area contributed by atoms with E-state index < -0.39 is 18.1 Å². The van der Waals surface area contributed by atoms with Crippen molar-refractivity contribution in [1.82, 2.24) is 15.2 Å². The van der Waals surface area contributed by atoms with E-state index in [1.165, 1.54) is 12.3 Å². The summed E-state index contributed by atoms with van der Waals surface area (Å²) >= 11 is 0. The van der Waals surface area contributed by atoms with Gasteiger partial charge in [0.2, 0.25) is 0 Å². The van der Waals surface area contributed by atoms with Gasteiger partial charge in [-0.2, -0.15) is 0 Å². The van der Waals surface area contributed by atoms with Crippen LogP contribution < -0.4 is 10.1 Å². The highest BCUT2D eigenvalue weighted by Gasteiger charge is 2.36. The number of carboxylic acids is 1. The molecule has 8 nitrogen and oxygen atoms in total. The first-order chi connectivity index (χ1) is 17.5. The number of nitrogens with one attached hydrogen (secondary N) is 1. The number of rotatable bonds is 8. The van der Waals surface area contributed by atoms with Gasteiger partial charge < -0.3 is 19.9 Å². The number of carbonyl (C=O) groups is 2. The van der Waals surface area contributed by atoms with Gasteiger partial charge in [0, 0.05) is 12.7 Å². The number of ether oxygens (including phenoxy) is 2. The second kappa shape index (κ2) is 10.8. The Morgan fingerprint density at radius 3 is 2.47 bits per heavy atom. The van der Waals surface area contributed by atoms with Gasteiger partial charge in [0.25, 0.3) is 0 Å². The van der Waals surface area contributed by atoms with Crippen molar-refractivity contribution in [2.24, 2.45) is 5.92 Å². The smallest absolute Gasteiger partial charge is 0.408 e. The molecular weight excluding hydrogens is 458 g/mol. The quantitative estimate of drug-likeness (QED) is 0.489. The van der Waals surface area contributed by atoms with Crippen LogP contribution in [0.25, 0.3) is 0 Å². The molecule has 0 saturated carbocycles. The Hall–Kier alpha value is -3.91. The van der Waals surface area contributed by atoms with E-state index >= 15 is 0 Å². The van der Waals surface area contributed by atoms with Crippen molar-refractivity contribution in [2.75, 3.05) is 19.6 Å². The van der Waals surface area contributed by atoms with E-state index in [0.717, 1.165) is 43.6 Å². The van der Waals surface area contributed by atoms with Crippen LogP contribution in [0.3, 0.4) is 0 Å². The highest BCUT2D eigenvalue weighted by molar-refractivity contribution is 5.87. The van der Waals surface area contributed by atoms with E-state index in [9.17, 15) is 9.59 Å². The van der Waals surface area contributed by atoms with Crippen molar-refractivity contribution >= 4 is 12.1 Å². The second-order valence-electron chi connectivity index (χ2n) is 9.27. The number of fused-ring (bicyclic) bond motifs is 3. The van der Waals surface area contributed by atoms with Gasteiger partial charge in [-0.1, -0.05) is 42.5 Å². The van der Waals surface area contributed by atoms with E-state index in [-0.39, 0.29) is 18.3 Å². The largest absolute Gasteiger partial charge is 0.487 e. The van der Waals surface area contributed by atoms with Gasteiger partial charge in [-0.25, -0.2) is 9.59 Å². The molecule has 1 amide bonds. The number of alkyl carbamates (subject to hydrolysis) is 1. The van der Waals surface area contributed by atoms with Crippen LogP contribution in [0.15, 0.2) is 72.9 Å². The average molecular weight is 488 g/mol. The van der Waals surface area contributed by atoms with Crippen molar-refractivity contribution < 1.29 is 24.2 Å². The number of amides is 1. The molecule has 3 aliphatic heterocycles. The molecular formula is C28H29N3O5.